The highest BCUT2D eigenvalue weighted by Gasteiger charge is 2.05. The van der Waals surface area contributed by atoms with Crippen molar-refractivity contribution in [1.82, 2.24) is 4.98 Å². The van der Waals surface area contributed by atoms with Gasteiger partial charge in [-0.3, -0.25) is 0 Å². The molecule has 3 rings (SSSR count). The van der Waals surface area contributed by atoms with E-state index in [0.29, 0.717) is 5.89 Å². The molecule has 0 amide bonds. The van der Waals surface area contributed by atoms with Crippen LogP contribution in [0.5, 0.6) is 0 Å². The summed E-state index contributed by atoms with van der Waals surface area (Å²) in [5.74, 6) is 0.710. The SMILES string of the molecule is Cc1nc2cc(-c3ccc(C)c(C)c3)ccc2o1. The minimum absolute atomic E-state index is 0.710. The van der Waals surface area contributed by atoms with Crippen molar-refractivity contribution in [3.05, 3.63) is 53.4 Å². The van der Waals surface area contributed by atoms with Gasteiger partial charge in [-0.1, -0.05) is 24.3 Å². The van der Waals surface area contributed by atoms with Crippen LogP contribution in [0.2, 0.25) is 0 Å². The van der Waals surface area contributed by atoms with Gasteiger partial charge in [-0.25, -0.2) is 4.98 Å². The van der Waals surface area contributed by atoms with Crippen LogP contribution in [0.25, 0.3) is 22.2 Å². The molecule has 0 atom stereocenters. The van der Waals surface area contributed by atoms with E-state index in [2.05, 4.69) is 49.2 Å². The minimum atomic E-state index is 0.710. The molecular weight excluding hydrogens is 222 g/mol. The Hall–Kier alpha value is -2.09. The first kappa shape index (κ1) is 11.0. The molecule has 0 aliphatic carbocycles. The molecule has 1 aromatic heterocycles. The van der Waals surface area contributed by atoms with E-state index >= 15 is 0 Å². The third-order valence-electron chi connectivity index (χ3n) is 3.33. The molecule has 0 saturated heterocycles. The van der Waals surface area contributed by atoms with Gasteiger partial charge in [0.25, 0.3) is 0 Å². The maximum absolute atomic E-state index is 5.49. The molecule has 0 unspecified atom stereocenters. The predicted octanol–water partition coefficient (Wildman–Crippen LogP) is 4.42. The van der Waals surface area contributed by atoms with E-state index in [9.17, 15) is 0 Å². The van der Waals surface area contributed by atoms with Crippen LogP contribution in [0.15, 0.2) is 40.8 Å². The van der Waals surface area contributed by atoms with Crippen molar-refractivity contribution in [1.29, 1.82) is 0 Å². The second-order valence-corrected chi connectivity index (χ2v) is 4.71. The van der Waals surface area contributed by atoms with E-state index in [1.807, 2.05) is 13.0 Å². The summed E-state index contributed by atoms with van der Waals surface area (Å²) in [5.41, 5.74) is 6.80. The third-order valence-corrected chi connectivity index (χ3v) is 3.33. The average Bonchev–Trinajstić information content (AvgIpc) is 2.71. The van der Waals surface area contributed by atoms with Gasteiger partial charge in [0.15, 0.2) is 11.5 Å². The van der Waals surface area contributed by atoms with E-state index in [1.54, 1.807) is 0 Å². The van der Waals surface area contributed by atoms with Gasteiger partial charge in [-0.2, -0.15) is 0 Å². The number of aryl methyl sites for hydroxylation is 3. The molecule has 2 nitrogen and oxygen atoms in total. The third kappa shape index (κ3) is 1.80. The van der Waals surface area contributed by atoms with Crippen LogP contribution in [0.4, 0.5) is 0 Å². The van der Waals surface area contributed by atoms with Gasteiger partial charge >= 0.3 is 0 Å². The minimum Gasteiger partial charge on any atom is -0.441 e. The Bertz CT molecular complexity index is 725. The Labute approximate surface area is 106 Å². The van der Waals surface area contributed by atoms with Crippen molar-refractivity contribution in [2.75, 3.05) is 0 Å². The summed E-state index contributed by atoms with van der Waals surface area (Å²) >= 11 is 0. The molecule has 18 heavy (non-hydrogen) atoms. The van der Waals surface area contributed by atoms with Crippen LogP contribution < -0.4 is 0 Å². The number of fused-ring (bicyclic) bond motifs is 1. The van der Waals surface area contributed by atoms with Crippen LogP contribution in [0, 0.1) is 20.8 Å². The summed E-state index contributed by atoms with van der Waals surface area (Å²) in [6, 6.07) is 12.7. The molecule has 90 valence electrons. The van der Waals surface area contributed by atoms with Crippen LogP contribution in [-0.4, -0.2) is 4.98 Å². The zero-order valence-corrected chi connectivity index (χ0v) is 10.8. The highest BCUT2D eigenvalue weighted by atomic mass is 16.3. The molecule has 0 radical (unpaired) electrons. The molecule has 0 aliphatic heterocycles. The molecule has 0 N–H and O–H groups in total. The van der Waals surface area contributed by atoms with Gasteiger partial charge in [0, 0.05) is 6.92 Å². The Morgan fingerprint density at radius 1 is 0.833 bits per heavy atom. The molecular formula is C16H15NO. The highest BCUT2D eigenvalue weighted by Crippen LogP contribution is 2.26. The highest BCUT2D eigenvalue weighted by molar-refractivity contribution is 5.80. The van der Waals surface area contributed by atoms with Crippen LogP contribution >= 0.6 is 0 Å². The van der Waals surface area contributed by atoms with Crippen LogP contribution in [0.3, 0.4) is 0 Å². The van der Waals surface area contributed by atoms with Crippen molar-refractivity contribution in [2.45, 2.75) is 20.8 Å². The van der Waals surface area contributed by atoms with Crippen molar-refractivity contribution < 1.29 is 4.42 Å². The van der Waals surface area contributed by atoms with Gasteiger partial charge in [0.2, 0.25) is 0 Å². The lowest BCUT2D eigenvalue weighted by molar-refractivity contribution is 0.561. The Balaban J connectivity index is 2.15. The molecule has 0 spiro atoms. The monoisotopic (exact) mass is 237 g/mol. The van der Waals surface area contributed by atoms with Crippen molar-refractivity contribution in [2.24, 2.45) is 0 Å². The fourth-order valence-electron chi connectivity index (χ4n) is 2.14. The first-order valence-electron chi connectivity index (χ1n) is 6.08. The molecule has 0 fully saturated rings. The number of nitrogens with zero attached hydrogens (tertiary/aromatic N) is 1. The van der Waals surface area contributed by atoms with Crippen LogP contribution in [-0.2, 0) is 0 Å². The number of hydrogen-bond acceptors (Lipinski definition) is 2. The summed E-state index contributed by atoms with van der Waals surface area (Å²) in [6.07, 6.45) is 0. The van der Waals surface area contributed by atoms with E-state index < -0.39 is 0 Å². The predicted molar refractivity (Wildman–Crippen MR) is 73.7 cm³/mol. The van der Waals surface area contributed by atoms with E-state index in [1.165, 1.54) is 22.3 Å². The van der Waals surface area contributed by atoms with Gasteiger partial charge < -0.3 is 4.42 Å². The molecule has 0 bridgehead atoms. The summed E-state index contributed by atoms with van der Waals surface area (Å²) < 4.78 is 5.49. The number of hydrogen-bond donors (Lipinski definition) is 0. The number of oxazole rings is 1. The van der Waals surface area contributed by atoms with Crippen molar-refractivity contribution in [3.63, 3.8) is 0 Å². The van der Waals surface area contributed by atoms with Gasteiger partial charge in [-0.05, 0) is 48.2 Å². The lowest BCUT2D eigenvalue weighted by Crippen LogP contribution is -1.83. The summed E-state index contributed by atoms with van der Waals surface area (Å²) in [7, 11) is 0. The van der Waals surface area contributed by atoms with Crippen molar-refractivity contribution in [3.8, 4) is 11.1 Å². The van der Waals surface area contributed by atoms with E-state index in [4.69, 9.17) is 4.42 Å². The van der Waals surface area contributed by atoms with Crippen LogP contribution in [0.1, 0.15) is 17.0 Å². The fourth-order valence-corrected chi connectivity index (χ4v) is 2.14. The van der Waals surface area contributed by atoms with Gasteiger partial charge in [0.1, 0.15) is 5.52 Å². The lowest BCUT2D eigenvalue weighted by atomic mass is 10.0. The first-order chi connectivity index (χ1) is 8.63. The molecule has 2 aromatic carbocycles. The summed E-state index contributed by atoms with van der Waals surface area (Å²) in [5, 5.41) is 0. The largest absolute Gasteiger partial charge is 0.441 e. The summed E-state index contributed by atoms with van der Waals surface area (Å²) in [4.78, 5) is 4.37. The molecule has 3 aromatic rings. The van der Waals surface area contributed by atoms with Crippen molar-refractivity contribution >= 4 is 11.1 Å². The second-order valence-electron chi connectivity index (χ2n) is 4.71. The van der Waals surface area contributed by atoms with Gasteiger partial charge in [0.05, 0.1) is 0 Å². The molecule has 0 saturated carbocycles. The number of rotatable bonds is 1. The average molecular weight is 237 g/mol. The smallest absolute Gasteiger partial charge is 0.192 e. The standard InChI is InChI=1S/C16H15NO/c1-10-4-5-13(8-11(10)2)14-6-7-16-15(9-14)17-12(3)18-16/h4-9H,1-3H3. The number of aromatic nitrogens is 1. The summed E-state index contributed by atoms with van der Waals surface area (Å²) in [6.45, 7) is 6.14. The Morgan fingerprint density at radius 3 is 2.33 bits per heavy atom. The fraction of sp³-hybridized carbons (Fsp3) is 0.188. The zero-order valence-electron chi connectivity index (χ0n) is 10.8. The Kier molecular flexibility index (Phi) is 2.44. The first-order valence-corrected chi connectivity index (χ1v) is 6.08. The molecule has 0 aliphatic rings. The van der Waals surface area contributed by atoms with Gasteiger partial charge in [-0.15, -0.1) is 0 Å². The normalized spacial score (nSPS) is 11.1. The second kappa shape index (κ2) is 3.98. The topological polar surface area (TPSA) is 26.0 Å². The molecule has 1 heterocycles. The van der Waals surface area contributed by atoms with E-state index in [0.717, 1.165) is 11.1 Å². The quantitative estimate of drug-likeness (QED) is 0.626. The zero-order chi connectivity index (χ0) is 12.7. The maximum Gasteiger partial charge on any atom is 0.192 e. The Morgan fingerprint density at radius 2 is 1.56 bits per heavy atom. The maximum atomic E-state index is 5.49. The van der Waals surface area contributed by atoms with E-state index in [-0.39, 0.29) is 0 Å². The lowest BCUT2D eigenvalue weighted by Gasteiger charge is -2.05. The number of benzene rings is 2. The molecule has 2 heteroatoms.